The Morgan fingerprint density at radius 1 is 0.873 bits per heavy atom. The predicted octanol–water partition coefficient (Wildman–Crippen LogP) is 3.01. The molecule has 0 aromatic rings. The molecule has 23 unspecified atom stereocenters. The summed E-state index contributed by atoms with van der Waals surface area (Å²) < 4.78 is 40.3. The number of hydrogen-bond acceptors (Lipinski definition) is 17. The molecule has 2 spiro atoms. The first-order valence-electron chi connectivity index (χ1n) is 26.5. The molecule has 0 aromatic carbocycles. The molecule has 0 bridgehead atoms. The van der Waals surface area contributed by atoms with Gasteiger partial charge in [-0.15, -0.1) is 0 Å². The van der Waals surface area contributed by atoms with Gasteiger partial charge in [0.1, 0.15) is 30.3 Å². The lowest BCUT2D eigenvalue weighted by atomic mass is 9.66. The van der Waals surface area contributed by atoms with E-state index in [1.165, 1.54) is 0 Å². The second-order valence-corrected chi connectivity index (χ2v) is 22.3. The standard InChI is InChI=1S/C52H86N2O17/c1-11-32(48(63)64)35-15-14-26(4)46(67-35)30(8)41(58)29(7)42(59)33(12-2)49(10)27(5)24-28(6)51(70-49)23-20-38(52(71-51)22-19-37(69-52)36-18-21-50(65,13-3)31(9)66-36)68-40(57)17-16-39(56)54-47-45(62)44(61)43(60)34(25-55)53-47/h20,23,26-38,41,43-47,53,55,58,60-62,65H,11-19,21-22,24-25H2,1-10H3,(H,54,56)(H,63,64). The maximum Gasteiger partial charge on any atom is 0.309 e. The largest absolute Gasteiger partial charge is 0.481 e. The smallest absolute Gasteiger partial charge is 0.309 e. The summed E-state index contributed by atoms with van der Waals surface area (Å²) in [7, 11) is 0. The molecule has 6 aliphatic rings. The number of carbonyl (C=O) groups is 4. The van der Waals surface area contributed by atoms with Crippen molar-refractivity contribution in [1.82, 2.24) is 10.6 Å². The summed E-state index contributed by atoms with van der Waals surface area (Å²) in [6.07, 6.45) is -2.98. The molecule has 5 fully saturated rings. The third kappa shape index (κ3) is 11.6. The van der Waals surface area contributed by atoms with E-state index in [-0.39, 0.29) is 36.4 Å². The molecule has 406 valence electrons. The molecule has 1 amide bonds. The van der Waals surface area contributed by atoms with Gasteiger partial charge < -0.3 is 69.5 Å². The molecule has 0 radical (unpaired) electrons. The van der Waals surface area contributed by atoms with Crippen LogP contribution in [0.5, 0.6) is 0 Å². The Bertz CT molecular complexity index is 1890. The van der Waals surface area contributed by atoms with Crippen LogP contribution in [0.15, 0.2) is 12.2 Å². The Morgan fingerprint density at radius 3 is 2.18 bits per heavy atom. The van der Waals surface area contributed by atoms with Gasteiger partial charge in [-0.3, -0.25) is 24.5 Å². The Kier molecular flexibility index (Phi) is 18.7. The number of carbonyl (C=O) groups excluding carboxylic acids is 3. The summed E-state index contributed by atoms with van der Waals surface area (Å²) in [5.41, 5.74) is -2.13. The van der Waals surface area contributed by atoms with Crippen molar-refractivity contribution in [3.05, 3.63) is 12.2 Å². The number of hydrogen-bond donors (Lipinski definition) is 9. The fraction of sp³-hybridized carbons (Fsp3) is 0.885. The molecule has 23 atom stereocenters. The Morgan fingerprint density at radius 2 is 1.56 bits per heavy atom. The van der Waals surface area contributed by atoms with E-state index in [1.807, 2.05) is 62.3 Å². The number of aliphatic hydroxyl groups excluding tert-OH is 5. The highest BCUT2D eigenvalue weighted by Gasteiger charge is 2.64. The van der Waals surface area contributed by atoms with Crippen molar-refractivity contribution >= 4 is 23.6 Å². The van der Waals surface area contributed by atoms with Gasteiger partial charge in [-0.25, -0.2) is 0 Å². The van der Waals surface area contributed by atoms with Gasteiger partial charge in [0.25, 0.3) is 0 Å². The summed E-state index contributed by atoms with van der Waals surface area (Å²) in [4.78, 5) is 53.8. The van der Waals surface area contributed by atoms with Crippen molar-refractivity contribution in [2.45, 2.75) is 242 Å². The zero-order chi connectivity index (χ0) is 52.5. The fourth-order valence-corrected chi connectivity index (χ4v) is 12.7. The Hall–Kier alpha value is -2.66. The topological polar surface area (TPSA) is 289 Å². The third-order valence-electron chi connectivity index (χ3n) is 17.8. The highest BCUT2D eigenvalue weighted by atomic mass is 16.8. The minimum absolute atomic E-state index is 0.0368. The molecule has 19 nitrogen and oxygen atoms in total. The quantitative estimate of drug-likeness (QED) is 0.0705. The maximum absolute atomic E-state index is 14.9. The van der Waals surface area contributed by atoms with Crippen LogP contribution in [0.3, 0.4) is 0 Å². The van der Waals surface area contributed by atoms with Crippen molar-refractivity contribution in [1.29, 1.82) is 0 Å². The van der Waals surface area contributed by atoms with Gasteiger partial charge >= 0.3 is 11.9 Å². The summed E-state index contributed by atoms with van der Waals surface area (Å²) in [5, 5.41) is 78.8. The number of rotatable bonds is 18. The van der Waals surface area contributed by atoms with Gasteiger partial charge in [-0.1, -0.05) is 55.4 Å². The first-order chi connectivity index (χ1) is 33.3. The normalized spacial score (nSPS) is 43.8. The number of ketones is 1. The van der Waals surface area contributed by atoms with Gasteiger partial charge in [0.15, 0.2) is 11.9 Å². The lowest BCUT2D eigenvalue weighted by molar-refractivity contribution is -0.415. The Balaban J connectivity index is 1.22. The number of nitrogens with one attached hydrogen (secondary N) is 2. The van der Waals surface area contributed by atoms with E-state index in [0.29, 0.717) is 51.4 Å². The van der Waals surface area contributed by atoms with Crippen molar-refractivity contribution in [2.24, 2.45) is 41.4 Å². The van der Waals surface area contributed by atoms with Crippen LogP contribution in [0.1, 0.15) is 146 Å². The second kappa shape index (κ2) is 23.1. The number of carboxylic acids is 1. The molecule has 6 aliphatic heterocycles. The van der Waals surface area contributed by atoms with Crippen LogP contribution in [0.25, 0.3) is 0 Å². The van der Waals surface area contributed by atoms with Crippen molar-refractivity contribution in [3.63, 3.8) is 0 Å². The number of aliphatic hydroxyl groups is 6. The highest BCUT2D eigenvalue weighted by Crippen LogP contribution is 2.55. The van der Waals surface area contributed by atoms with E-state index in [1.54, 1.807) is 19.1 Å². The number of amides is 1. The van der Waals surface area contributed by atoms with Crippen molar-refractivity contribution in [2.75, 3.05) is 6.61 Å². The van der Waals surface area contributed by atoms with Gasteiger partial charge in [0.05, 0.1) is 72.8 Å². The molecule has 71 heavy (non-hydrogen) atoms. The molecule has 5 saturated heterocycles. The molecular formula is C52H86N2O17. The molecule has 6 rings (SSSR count). The summed E-state index contributed by atoms with van der Waals surface area (Å²) in [5.74, 6) is -8.74. The lowest BCUT2D eigenvalue weighted by Gasteiger charge is -2.58. The van der Waals surface area contributed by atoms with E-state index in [0.717, 1.165) is 6.42 Å². The van der Waals surface area contributed by atoms with Crippen LogP contribution in [-0.4, -0.2) is 162 Å². The summed E-state index contributed by atoms with van der Waals surface area (Å²) in [6, 6.07) is -1.02. The van der Waals surface area contributed by atoms with Crippen LogP contribution >= 0.6 is 0 Å². The SMILES string of the molecule is CCC(C(=O)O)C1CCC(C)C(C(C)C(O)C(C)C(=O)C(CC)C2(C)OC3(C=CC(OC(=O)CCC(=O)NC4NC(CO)C(O)C(O)C4O)C4(CCC(C5CCC(O)(CC)C(C)O5)O4)O3)C(C)CC2C)O1. The number of carboxylic acid groups (broad SMARTS) is 1. The monoisotopic (exact) mass is 1010 g/mol. The minimum Gasteiger partial charge on any atom is -0.481 e. The van der Waals surface area contributed by atoms with Gasteiger partial charge in [-0.2, -0.15) is 0 Å². The molecule has 9 N–H and O–H groups in total. The zero-order valence-corrected chi connectivity index (χ0v) is 43.5. The minimum atomic E-state index is -1.64. The van der Waals surface area contributed by atoms with Gasteiger partial charge in [-0.05, 0) is 95.6 Å². The second-order valence-electron chi connectivity index (χ2n) is 22.3. The van der Waals surface area contributed by atoms with E-state index in [2.05, 4.69) is 10.6 Å². The Labute approximate surface area is 419 Å². The molecule has 19 heteroatoms. The molecule has 6 heterocycles. The lowest BCUT2D eigenvalue weighted by Crippen LogP contribution is -2.70. The predicted molar refractivity (Wildman–Crippen MR) is 256 cm³/mol. The number of Topliss-reactive ketones (excluding diaryl/α,β-unsaturated/α-hetero) is 1. The van der Waals surface area contributed by atoms with Gasteiger partial charge in [0.2, 0.25) is 11.7 Å². The fourth-order valence-electron chi connectivity index (χ4n) is 12.7. The summed E-state index contributed by atoms with van der Waals surface area (Å²) >= 11 is 0. The van der Waals surface area contributed by atoms with Gasteiger partial charge in [0, 0.05) is 36.5 Å². The van der Waals surface area contributed by atoms with E-state index < -0.39 is 151 Å². The van der Waals surface area contributed by atoms with Crippen LogP contribution in [0.2, 0.25) is 0 Å². The first-order valence-corrected chi connectivity index (χ1v) is 26.5. The highest BCUT2D eigenvalue weighted by molar-refractivity contribution is 5.85. The van der Waals surface area contributed by atoms with E-state index >= 15 is 0 Å². The molecule has 0 aromatic heterocycles. The van der Waals surface area contributed by atoms with E-state index in [4.69, 9.17) is 28.4 Å². The van der Waals surface area contributed by atoms with Crippen molar-refractivity contribution < 1.29 is 83.3 Å². The average Bonchev–Trinajstić information content (AvgIpc) is 3.75. The van der Waals surface area contributed by atoms with Crippen LogP contribution in [0.4, 0.5) is 0 Å². The average molecular weight is 1010 g/mol. The molecule has 0 saturated carbocycles. The van der Waals surface area contributed by atoms with Crippen LogP contribution < -0.4 is 10.6 Å². The first kappa shape index (κ1) is 57.6. The van der Waals surface area contributed by atoms with Crippen LogP contribution in [-0.2, 0) is 47.6 Å². The zero-order valence-electron chi connectivity index (χ0n) is 43.5. The molecular weight excluding hydrogens is 925 g/mol. The van der Waals surface area contributed by atoms with E-state index in [9.17, 15) is 54.9 Å². The number of piperidine rings is 1. The van der Waals surface area contributed by atoms with Crippen molar-refractivity contribution in [3.8, 4) is 0 Å². The molecule has 0 aliphatic carbocycles. The number of ether oxygens (including phenoxy) is 6. The summed E-state index contributed by atoms with van der Waals surface area (Å²) in [6.45, 7) is 18.5. The third-order valence-corrected chi connectivity index (χ3v) is 17.8. The van der Waals surface area contributed by atoms with Crippen LogP contribution in [0, 0.1) is 41.4 Å². The number of aliphatic carboxylic acids is 1. The number of esters is 1. The maximum atomic E-state index is 14.9.